The molecule has 1 rings (SSSR count). The van der Waals surface area contributed by atoms with Gasteiger partial charge < -0.3 is 25.2 Å². The van der Waals surface area contributed by atoms with Crippen molar-refractivity contribution < 1.29 is 25.2 Å². The summed E-state index contributed by atoms with van der Waals surface area (Å²) in [5.41, 5.74) is 8.15. The van der Waals surface area contributed by atoms with E-state index >= 15 is 0 Å². The number of hydrogen-bond acceptors (Lipinski definition) is 6. The first-order valence-corrected chi connectivity index (χ1v) is 3.96. The lowest BCUT2D eigenvalue weighted by molar-refractivity contribution is -0.258. The van der Waals surface area contributed by atoms with Gasteiger partial charge in [0, 0.05) is 4.91 Å². The van der Waals surface area contributed by atoms with E-state index in [2.05, 4.69) is 14.8 Å². The van der Waals surface area contributed by atoms with Gasteiger partial charge in [0.2, 0.25) is 0 Å². The summed E-state index contributed by atoms with van der Waals surface area (Å²) in [7, 11) is 0. The SMILES string of the molecule is Cl.[N-]=[N+]=N[C@@H]1[C@@H](O)[C@H](O)O[C@H](CO)[C@@H]1O. The molecule has 9 heteroatoms. The maximum Gasteiger partial charge on any atom is 0.181 e. The monoisotopic (exact) mass is 241 g/mol. The van der Waals surface area contributed by atoms with Gasteiger partial charge in [-0.15, -0.1) is 12.4 Å². The van der Waals surface area contributed by atoms with Gasteiger partial charge in [0.1, 0.15) is 12.2 Å². The molecule has 4 N–H and O–H groups in total. The van der Waals surface area contributed by atoms with Crippen molar-refractivity contribution in [2.24, 2.45) is 5.11 Å². The first-order chi connectivity index (χ1) is 6.61. The summed E-state index contributed by atoms with van der Waals surface area (Å²) >= 11 is 0. The lowest BCUT2D eigenvalue weighted by atomic mass is 9.97. The van der Waals surface area contributed by atoms with Crippen LogP contribution in [-0.2, 0) is 4.74 Å². The van der Waals surface area contributed by atoms with Crippen molar-refractivity contribution in [3.05, 3.63) is 10.4 Å². The molecule has 5 atom stereocenters. The van der Waals surface area contributed by atoms with Gasteiger partial charge in [-0.25, -0.2) is 0 Å². The number of aliphatic hydroxyl groups excluding tert-OH is 4. The van der Waals surface area contributed by atoms with Gasteiger partial charge in [0.15, 0.2) is 6.29 Å². The van der Waals surface area contributed by atoms with E-state index in [-0.39, 0.29) is 12.4 Å². The van der Waals surface area contributed by atoms with E-state index in [0.717, 1.165) is 0 Å². The third-order valence-electron chi connectivity index (χ3n) is 2.05. The molecule has 0 aromatic rings. The highest BCUT2D eigenvalue weighted by molar-refractivity contribution is 5.85. The molecule has 0 aromatic carbocycles. The van der Waals surface area contributed by atoms with E-state index in [9.17, 15) is 10.2 Å². The van der Waals surface area contributed by atoms with Crippen LogP contribution in [0.4, 0.5) is 0 Å². The van der Waals surface area contributed by atoms with Crippen LogP contribution in [0.2, 0.25) is 0 Å². The maximum absolute atomic E-state index is 9.43. The van der Waals surface area contributed by atoms with Crippen LogP contribution in [0.3, 0.4) is 0 Å². The van der Waals surface area contributed by atoms with Crippen molar-refractivity contribution in [3.63, 3.8) is 0 Å². The largest absolute Gasteiger partial charge is 0.394 e. The highest BCUT2D eigenvalue weighted by Crippen LogP contribution is 2.22. The number of halogens is 1. The molecule has 88 valence electrons. The summed E-state index contributed by atoms with van der Waals surface area (Å²) < 4.78 is 4.66. The van der Waals surface area contributed by atoms with Crippen LogP contribution in [0.5, 0.6) is 0 Å². The van der Waals surface area contributed by atoms with Crippen molar-refractivity contribution in [1.82, 2.24) is 0 Å². The second-order valence-electron chi connectivity index (χ2n) is 2.92. The molecule has 0 radical (unpaired) electrons. The number of ether oxygens (including phenoxy) is 1. The zero-order chi connectivity index (χ0) is 10.7. The first kappa shape index (κ1) is 14.4. The highest BCUT2D eigenvalue weighted by Gasteiger charge is 2.43. The van der Waals surface area contributed by atoms with Gasteiger partial charge in [-0.1, -0.05) is 5.11 Å². The van der Waals surface area contributed by atoms with Crippen molar-refractivity contribution in [2.75, 3.05) is 6.61 Å². The number of azide groups is 1. The Balaban J connectivity index is 0.00000196. The molecule has 0 saturated carbocycles. The van der Waals surface area contributed by atoms with Crippen LogP contribution >= 0.6 is 12.4 Å². The topological polar surface area (TPSA) is 139 Å². The number of aliphatic hydroxyl groups is 4. The fourth-order valence-electron chi connectivity index (χ4n) is 1.28. The normalized spacial score (nSPS) is 40.1. The van der Waals surface area contributed by atoms with Gasteiger partial charge >= 0.3 is 0 Å². The Hall–Kier alpha value is -0.600. The fourth-order valence-corrected chi connectivity index (χ4v) is 1.28. The van der Waals surface area contributed by atoms with E-state index in [1.54, 1.807) is 0 Å². The second-order valence-corrected chi connectivity index (χ2v) is 2.92. The Kier molecular flexibility index (Phi) is 5.84. The third-order valence-corrected chi connectivity index (χ3v) is 2.05. The third kappa shape index (κ3) is 2.93. The molecule has 0 unspecified atom stereocenters. The molecule has 1 heterocycles. The van der Waals surface area contributed by atoms with E-state index < -0.39 is 37.3 Å². The molecule has 8 nitrogen and oxygen atoms in total. The van der Waals surface area contributed by atoms with E-state index in [0.29, 0.717) is 0 Å². The molecule has 0 bridgehead atoms. The Labute approximate surface area is 91.1 Å². The fraction of sp³-hybridized carbons (Fsp3) is 1.00. The molecule has 1 saturated heterocycles. The van der Waals surface area contributed by atoms with Crippen LogP contribution in [-0.4, -0.2) is 57.7 Å². The van der Waals surface area contributed by atoms with E-state index in [1.807, 2.05) is 0 Å². The van der Waals surface area contributed by atoms with Gasteiger partial charge in [-0.2, -0.15) is 0 Å². The predicted octanol–water partition coefficient (Wildman–Crippen LogP) is -1.48. The van der Waals surface area contributed by atoms with Gasteiger partial charge in [-0.3, -0.25) is 0 Å². The standard InChI is InChI=1S/C6H11N3O5.ClH/c7-9-8-3-4(11)2(1-10)14-6(13)5(3)12;/h2-6,10-13H,1H2;1H/t2-,3+,4+,5-,6-;/m1./s1. The quantitative estimate of drug-likeness (QED) is 0.265. The minimum Gasteiger partial charge on any atom is -0.394 e. The van der Waals surface area contributed by atoms with Crippen LogP contribution in [0.1, 0.15) is 0 Å². The van der Waals surface area contributed by atoms with E-state index in [1.165, 1.54) is 0 Å². The summed E-state index contributed by atoms with van der Waals surface area (Å²) in [5, 5.41) is 39.7. The van der Waals surface area contributed by atoms with Gasteiger partial charge in [-0.05, 0) is 5.53 Å². The minimum atomic E-state index is -1.58. The predicted molar refractivity (Wildman–Crippen MR) is 50.2 cm³/mol. The summed E-state index contributed by atoms with van der Waals surface area (Å²) in [6.45, 7) is -0.539. The second kappa shape index (κ2) is 6.09. The van der Waals surface area contributed by atoms with Crippen LogP contribution in [0.15, 0.2) is 5.11 Å². The number of rotatable bonds is 2. The highest BCUT2D eigenvalue weighted by atomic mass is 35.5. The lowest BCUT2D eigenvalue weighted by Gasteiger charge is -2.37. The molecule has 0 amide bonds. The molecule has 1 aliphatic heterocycles. The maximum atomic E-state index is 9.43. The number of nitrogens with zero attached hydrogens (tertiary/aromatic N) is 3. The molecule has 0 aliphatic carbocycles. The smallest absolute Gasteiger partial charge is 0.181 e. The zero-order valence-electron chi connectivity index (χ0n) is 7.54. The Morgan fingerprint density at radius 2 is 1.87 bits per heavy atom. The molecule has 0 spiro atoms. The van der Waals surface area contributed by atoms with Crippen molar-refractivity contribution in [2.45, 2.75) is 30.6 Å². The molecule has 1 aliphatic rings. The minimum absolute atomic E-state index is 0. The summed E-state index contributed by atoms with van der Waals surface area (Å²) in [5.74, 6) is 0. The average Bonchev–Trinajstić information content (AvgIpc) is 2.18. The van der Waals surface area contributed by atoms with Gasteiger partial charge in [0.25, 0.3) is 0 Å². The Morgan fingerprint density at radius 1 is 1.27 bits per heavy atom. The summed E-state index contributed by atoms with van der Waals surface area (Å²) in [6, 6.07) is -1.22. The van der Waals surface area contributed by atoms with Crippen LogP contribution < -0.4 is 0 Å². The summed E-state index contributed by atoms with van der Waals surface area (Å²) in [4.78, 5) is 2.42. The van der Waals surface area contributed by atoms with Crippen molar-refractivity contribution in [1.29, 1.82) is 0 Å². The molecule has 1 fully saturated rings. The molecule has 0 aromatic heterocycles. The number of hydrogen-bond donors (Lipinski definition) is 4. The lowest BCUT2D eigenvalue weighted by Crippen LogP contribution is -2.57. The molecular weight excluding hydrogens is 230 g/mol. The molecule has 15 heavy (non-hydrogen) atoms. The Morgan fingerprint density at radius 3 is 2.33 bits per heavy atom. The molecular formula is C6H12ClN3O5. The van der Waals surface area contributed by atoms with E-state index in [4.69, 9.17) is 15.7 Å². The first-order valence-electron chi connectivity index (χ1n) is 3.96. The zero-order valence-corrected chi connectivity index (χ0v) is 8.36. The average molecular weight is 242 g/mol. The van der Waals surface area contributed by atoms with Crippen LogP contribution in [0, 0.1) is 0 Å². The Bertz CT molecular complexity index is 249. The van der Waals surface area contributed by atoms with Crippen LogP contribution in [0.25, 0.3) is 10.4 Å². The van der Waals surface area contributed by atoms with Crippen molar-refractivity contribution in [3.8, 4) is 0 Å². The van der Waals surface area contributed by atoms with Crippen molar-refractivity contribution >= 4 is 12.4 Å². The van der Waals surface area contributed by atoms with Gasteiger partial charge in [0.05, 0.1) is 18.8 Å². The summed E-state index contributed by atoms with van der Waals surface area (Å²) in [6.07, 6.45) is -5.48.